The van der Waals surface area contributed by atoms with Crippen LogP contribution < -0.4 is 11.1 Å². The first-order valence-corrected chi connectivity index (χ1v) is 10.1. The fourth-order valence-corrected chi connectivity index (χ4v) is 4.04. The number of amides is 2. The van der Waals surface area contributed by atoms with Crippen molar-refractivity contribution in [3.63, 3.8) is 0 Å². The smallest absolute Gasteiger partial charge is 0.253 e. The van der Waals surface area contributed by atoms with E-state index in [-0.39, 0.29) is 5.91 Å². The van der Waals surface area contributed by atoms with Crippen LogP contribution in [-0.4, -0.2) is 17.9 Å². The second kappa shape index (κ2) is 8.05. The van der Waals surface area contributed by atoms with Crippen LogP contribution in [0, 0.1) is 0 Å². The maximum Gasteiger partial charge on any atom is 0.253 e. The summed E-state index contributed by atoms with van der Waals surface area (Å²) < 4.78 is 0.871. The van der Waals surface area contributed by atoms with Gasteiger partial charge in [0.25, 0.3) is 5.91 Å². The molecule has 4 rings (SSSR count). The molecule has 0 radical (unpaired) electrons. The molecule has 0 aliphatic rings. The van der Waals surface area contributed by atoms with E-state index in [4.69, 9.17) is 5.73 Å². The summed E-state index contributed by atoms with van der Waals surface area (Å²) in [6.07, 6.45) is 0.311. The number of rotatable bonds is 5. The number of hydrogen-bond acceptors (Lipinski definition) is 2. The van der Waals surface area contributed by atoms with Gasteiger partial charge in [0.2, 0.25) is 5.91 Å². The summed E-state index contributed by atoms with van der Waals surface area (Å²) in [4.78, 5) is 25.4. The molecule has 0 heterocycles. The van der Waals surface area contributed by atoms with Crippen molar-refractivity contribution >= 4 is 49.3 Å². The Kier molecular flexibility index (Phi) is 5.32. The average molecular weight is 447 g/mol. The lowest BCUT2D eigenvalue weighted by Crippen LogP contribution is -2.46. The Morgan fingerprint density at radius 3 is 2.00 bits per heavy atom. The number of hydrogen-bond donors (Lipinski definition) is 2. The Morgan fingerprint density at radius 2 is 1.41 bits per heavy atom. The lowest BCUT2D eigenvalue weighted by Gasteiger charge is -2.18. The van der Waals surface area contributed by atoms with Crippen LogP contribution in [0.25, 0.3) is 21.5 Å². The Labute approximate surface area is 176 Å². The van der Waals surface area contributed by atoms with E-state index in [2.05, 4.69) is 27.3 Å². The minimum atomic E-state index is -0.820. The van der Waals surface area contributed by atoms with E-state index in [9.17, 15) is 9.59 Å². The van der Waals surface area contributed by atoms with Gasteiger partial charge < -0.3 is 11.1 Å². The molecule has 0 saturated carbocycles. The molecule has 4 nitrogen and oxygen atoms in total. The van der Waals surface area contributed by atoms with E-state index in [0.717, 1.165) is 31.6 Å². The van der Waals surface area contributed by atoms with E-state index in [0.29, 0.717) is 12.0 Å². The maximum atomic E-state index is 13.3. The first kappa shape index (κ1) is 19.2. The number of fused-ring (bicyclic) bond motifs is 2. The lowest BCUT2D eigenvalue weighted by atomic mass is 9.95. The summed E-state index contributed by atoms with van der Waals surface area (Å²) in [7, 11) is 0. The number of benzene rings is 4. The molecule has 0 aliphatic carbocycles. The van der Waals surface area contributed by atoms with Crippen LogP contribution in [0.2, 0.25) is 0 Å². The molecule has 0 unspecified atom stereocenters. The van der Waals surface area contributed by atoms with Gasteiger partial charge in [-0.1, -0.05) is 82.7 Å². The monoisotopic (exact) mass is 446 g/mol. The topological polar surface area (TPSA) is 72.2 Å². The fourth-order valence-electron chi connectivity index (χ4n) is 3.60. The Hall–Kier alpha value is -3.18. The van der Waals surface area contributed by atoms with Crippen molar-refractivity contribution in [1.82, 2.24) is 5.32 Å². The van der Waals surface area contributed by atoms with Crippen LogP contribution in [0.5, 0.6) is 0 Å². The third-order valence-corrected chi connectivity index (χ3v) is 5.80. The normalized spacial score (nSPS) is 12.0. The number of carbonyl (C=O) groups is 2. The molecule has 0 aromatic heterocycles. The standard InChI is InChI=1S/C24H19BrN2O2/c25-20-12-6-3-9-17(20)14-21(23(26)28)27-24(29)22-18-10-4-1-7-15(18)13-16-8-2-5-11-19(16)22/h1-13,21H,14H2,(H2,26,28)(H,27,29)/t21-/m0/s1. The van der Waals surface area contributed by atoms with Gasteiger partial charge in [-0.15, -0.1) is 0 Å². The zero-order valence-corrected chi connectivity index (χ0v) is 17.1. The molecule has 144 valence electrons. The average Bonchev–Trinajstić information content (AvgIpc) is 2.72. The highest BCUT2D eigenvalue weighted by molar-refractivity contribution is 9.10. The molecule has 0 bridgehead atoms. The minimum Gasteiger partial charge on any atom is -0.368 e. The summed E-state index contributed by atoms with van der Waals surface area (Å²) >= 11 is 3.49. The molecule has 5 heteroatoms. The van der Waals surface area contributed by atoms with E-state index < -0.39 is 11.9 Å². The number of halogens is 1. The van der Waals surface area contributed by atoms with Crippen LogP contribution >= 0.6 is 15.9 Å². The van der Waals surface area contributed by atoms with Gasteiger partial charge in [0, 0.05) is 10.9 Å². The van der Waals surface area contributed by atoms with Gasteiger partial charge in [0.1, 0.15) is 6.04 Å². The predicted molar refractivity (Wildman–Crippen MR) is 120 cm³/mol. The Morgan fingerprint density at radius 1 is 0.862 bits per heavy atom. The summed E-state index contributed by atoms with van der Waals surface area (Å²) in [6, 6.07) is 24.3. The molecule has 2 amide bonds. The van der Waals surface area contributed by atoms with Gasteiger partial charge in [0.05, 0.1) is 5.56 Å². The second-order valence-corrected chi connectivity index (χ2v) is 7.77. The van der Waals surface area contributed by atoms with Crippen LogP contribution in [0.3, 0.4) is 0 Å². The van der Waals surface area contributed by atoms with Gasteiger partial charge in [-0.2, -0.15) is 0 Å². The number of primary amides is 1. The fraction of sp³-hybridized carbons (Fsp3) is 0.0833. The van der Waals surface area contributed by atoms with E-state index in [1.165, 1.54) is 0 Å². The zero-order chi connectivity index (χ0) is 20.4. The molecule has 29 heavy (non-hydrogen) atoms. The molecule has 0 aliphatic heterocycles. The highest BCUT2D eigenvalue weighted by Gasteiger charge is 2.23. The first-order chi connectivity index (χ1) is 14.0. The van der Waals surface area contributed by atoms with Crippen LogP contribution in [0.15, 0.2) is 83.3 Å². The van der Waals surface area contributed by atoms with Crippen LogP contribution in [0.4, 0.5) is 0 Å². The van der Waals surface area contributed by atoms with E-state index in [1.54, 1.807) is 0 Å². The molecule has 0 spiro atoms. The summed E-state index contributed by atoms with van der Waals surface area (Å²) in [5, 5.41) is 6.48. The van der Waals surface area contributed by atoms with Crippen molar-refractivity contribution < 1.29 is 9.59 Å². The Balaban J connectivity index is 1.75. The summed E-state index contributed by atoms with van der Waals surface area (Å²) in [5.41, 5.74) is 7.07. The van der Waals surface area contributed by atoms with Gasteiger partial charge in [-0.3, -0.25) is 9.59 Å². The third kappa shape index (κ3) is 3.87. The predicted octanol–water partition coefficient (Wildman–Crippen LogP) is 4.58. The maximum absolute atomic E-state index is 13.3. The number of carbonyl (C=O) groups excluding carboxylic acids is 2. The second-order valence-electron chi connectivity index (χ2n) is 6.92. The molecular formula is C24H19BrN2O2. The van der Waals surface area contributed by atoms with Crippen molar-refractivity contribution in [3.05, 3.63) is 94.5 Å². The largest absolute Gasteiger partial charge is 0.368 e. The van der Waals surface area contributed by atoms with E-state index >= 15 is 0 Å². The van der Waals surface area contributed by atoms with Gasteiger partial charge in [-0.25, -0.2) is 0 Å². The zero-order valence-electron chi connectivity index (χ0n) is 15.6. The summed E-state index contributed by atoms with van der Waals surface area (Å²) in [5.74, 6) is -0.882. The van der Waals surface area contributed by atoms with Gasteiger partial charge in [-0.05, 0) is 39.2 Å². The van der Waals surface area contributed by atoms with Crippen molar-refractivity contribution in [2.45, 2.75) is 12.5 Å². The van der Waals surface area contributed by atoms with Crippen molar-refractivity contribution in [1.29, 1.82) is 0 Å². The first-order valence-electron chi connectivity index (χ1n) is 9.28. The lowest BCUT2D eigenvalue weighted by molar-refractivity contribution is -0.119. The van der Waals surface area contributed by atoms with Crippen LogP contribution in [0.1, 0.15) is 15.9 Å². The molecule has 4 aromatic carbocycles. The Bertz CT molecular complexity index is 1180. The van der Waals surface area contributed by atoms with E-state index in [1.807, 2.05) is 72.8 Å². The molecule has 0 fully saturated rings. The van der Waals surface area contributed by atoms with Crippen molar-refractivity contribution in [2.75, 3.05) is 0 Å². The number of nitrogens with one attached hydrogen (secondary N) is 1. The van der Waals surface area contributed by atoms with Crippen molar-refractivity contribution in [3.8, 4) is 0 Å². The molecule has 0 saturated heterocycles. The molecule has 1 atom stereocenters. The van der Waals surface area contributed by atoms with Gasteiger partial charge >= 0.3 is 0 Å². The SMILES string of the molecule is NC(=O)[C@H](Cc1ccccc1Br)NC(=O)c1c2ccccc2cc2ccccc12. The third-order valence-electron chi connectivity index (χ3n) is 5.03. The highest BCUT2D eigenvalue weighted by Crippen LogP contribution is 2.28. The van der Waals surface area contributed by atoms with Gasteiger partial charge in [0.15, 0.2) is 0 Å². The van der Waals surface area contributed by atoms with Crippen LogP contribution in [-0.2, 0) is 11.2 Å². The number of nitrogens with two attached hydrogens (primary N) is 1. The summed E-state index contributed by atoms with van der Waals surface area (Å²) in [6.45, 7) is 0. The quantitative estimate of drug-likeness (QED) is 0.440. The van der Waals surface area contributed by atoms with Crippen molar-refractivity contribution in [2.24, 2.45) is 5.73 Å². The molecular weight excluding hydrogens is 428 g/mol. The minimum absolute atomic E-state index is 0.311. The highest BCUT2D eigenvalue weighted by atomic mass is 79.9. The molecule has 3 N–H and O–H groups in total. The molecule has 4 aromatic rings.